The summed E-state index contributed by atoms with van der Waals surface area (Å²) in [6, 6.07) is 1.16. The minimum Gasteiger partial charge on any atom is -0.391 e. The van der Waals surface area contributed by atoms with Crippen LogP contribution in [0, 0.1) is 0 Å². The van der Waals surface area contributed by atoms with Gasteiger partial charge in [-0.2, -0.15) is 11.8 Å². The molecule has 0 bridgehead atoms. The molecule has 1 N–H and O–H groups in total. The fourth-order valence-electron chi connectivity index (χ4n) is 2.68. The van der Waals surface area contributed by atoms with E-state index < -0.39 is 0 Å². The molecule has 3 unspecified atom stereocenters. The van der Waals surface area contributed by atoms with Crippen molar-refractivity contribution >= 4 is 11.8 Å². The molecule has 3 heteroatoms. The van der Waals surface area contributed by atoms with Crippen LogP contribution in [0.15, 0.2) is 0 Å². The summed E-state index contributed by atoms with van der Waals surface area (Å²) >= 11 is 2.05. The molecule has 0 radical (unpaired) electrons. The van der Waals surface area contributed by atoms with Gasteiger partial charge in [0.05, 0.1) is 6.10 Å². The number of aliphatic hydroxyl groups excluding tert-OH is 1. The van der Waals surface area contributed by atoms with Gasteiger partial charge < -0.3 is 5.11 Å². The maximum atomic E-state index is 9.95. The number of thioether (sulfide) groups is 1. The molecule has 1 aliphatic carbocycles. The first kappa shape index (κ1) is 10.8. The Kier molecular flexibility index (Phi) is 3.74. The fourth-order valence-corrected chi connectivity index (χ4v) is 3.96. The van der Waals surface area contributed by atoms with Crippen molar-refractivity contribution in [3.05, 3.63) is 0 Å². The predicted octanol–water partition coefficient (Wildman–Crippen LogP) is 1.73. The Bertz CT molecular complexity index is 182. The van der Waals surface area contributed by atoms with Crippen LogP contribution in [0.4, 0.5) is 0 Å². The predicted molar refractivity (Wildman–Crippen MR) is 61.8 cm³/mol. The van der Waals surface area contributed by atoms with E-state index in [9.17, 15) is 5.11 Å². The van der Waals surface area contributed by atoms with E-state index in [2.05, 4.69) is 23.7 Å². The zero-order valence-electron chi connectivity index (χ0n) is 8.98. The maximum absolute atomic E-state index is 9.95. The molecule has 14 heavy (non-hydrogen) atoms. The molecule has 82 valence electrons. The molecule has 0 spiro atoms. The van der Waals surface area contributed by atoms with Gasteiger partial charge >= 0.3 is 0 Å². The van der Waals surface area contributed by atoms with Crippen molar-refractivity contribution in [1.29, 1.82) is 0 Å². The Hall–Kier alpha value is 0.270. The lowest BCUT2D eigenvalue weighted by Gasteiger charge is -2.38. The minimum atomic E-state index is -0.0700. The SMILES string of the molecule is CN(C1CCSC1)C1CCCCC1O. The molecule has 0 amide bonds. The highest BCUT2D eigenvalue weighted by Crippen LogP contribution is 2.28. The molecule has 2 aliphatic rings. The minimum absolute atomic E-state index is 0.0700. The fraction of sp³-hybridized carbons (Fsp3) is 1.00. The first-order chi connectivity index (χ1) is 6.79. The van der Waals surface area contributed by atoms with Gasteiger partial charge in [-0.1, -0.05) is 12.8 Å². The summed E-state index contributed by atoms with van der Waals surface area (Å²) in [7, 11) is 2.20. The third kappa shape index (κ3) is 2.26. The molecule has 2 nitrogen and oxygen atoms in total. The zero-order chi connectivity index (χ0) is 9.97. The van der Waals surface area contributed by atoms with Crippen molar-refractivity contribution in [1.82, 2.24) is 4.90 Å². The number of hydrogen-bond donors (Lipinski definition) is 1. The van der Waals surface area contributed by atoms with E-state index in [0.29, 0.717) is 6.04 Å². The van der Waals surface area contributed by atoms with Crippen molar-refractivity contribution in [2.45, 2.75) is 50.3 Å². The second-order valence-electron chi connectivity index (χ2n) is 4.60. The van der Waals surface area contributed by atoms with Gasteiger partial charge in [0.15, 0.2) is 0 Å². The highest BCUT2D eigenvalue weighted by molar-refractivity contribution is 7.99. The summed E-state index contributed by atoms with van der Waals surface area (Å²) in [5, 5.41) is 9.95. The third-order valence-corrected chi connectivity index (χ3v) is 4.84. The second kappa shape index (κ2) is 4.86. The first-order valence-electron chi connectivity index (χ1n) is 5.77. The van der Waals surface area contributed by atoms with Gasteiger partial charge in [0, 0.05) is 17.8 Å². The summed E-state index contributed by atoms with van der Waals surface area (Å²) < 4.78 is 0. The quantitative estimate of drug-likeness (QED) is 0.759. The summed E-state index contributed by atoms with van der Waals surface area (Å²) in [4.78, 5) is 2.45. The molecular formula is C11H21NOS. The second-order valence-corrected chi connectivity index (χ2v) is 5.75. The Morgan fingerprint density at radius 3 is 2.64 bits per heavy atom. The third-order valence-electron chi connectivity index (χ3n) is 3.70. The highest BCUT2D eigenvalue weighted by Gasteiger charge is 2.31. The van der Waals surface area contributed by atoms with Gasteiger partial charge in [0.2, 0.25) is 0 Å². The van der Waals surface area contributed by atoms with Gasteiger partial charge in [-0.15, -0.1) is 0 Å². The largest absolute Gasteiger partial charge is 0.391 e. The van der Waals surface area contributed by atoms with Crippen LogP contribution in [0.1, 0.15) is 32.1 Å². The van der Waals surface area contributed by atoms with E-state index >= 15 is 0 Å². The molecule has 0 aromatic carbocycles. The summed E-state index contributed by atoms with van der Waals surface area (Å²) in [6.45, 7) is 0. The van der Waals surface area contributed by atoms with E-state index in [4.69, 9.17) is 0 Å². The molecular weight excluding hydrogens is 194 g/mol. The maximum Gasteiger partial charge on any atom is 0.0695 e. The Labute approximate surface area is 91.1 Å². The van der Waals surface area contributed by atoms with Crippen LogP contribution in [0.3, 0.4) is 0 Å². The van der Waals surface area contributed by atoms with Gasteiger partial charge in [-0.3, -0.25) is 4.90 Å². The van der Waals surface area contributed by atoms with E-state index in [1.807, 2.05) is 0 Å². The molecule has 0 aromatic heterocycles. The van der Waals surface area contributed by atoms with E-state index in [1.165, 1.54) is 37.2 Å². The standard InChI is InChI=1S/C11H21NOS/c1-12(9-6-7-14-8-9)10-4-2-3-5-11(10)13/h9-11,13H,2-8H2,1H3. The van der Waals surface area contributed by atoms with Gasteiger partial charge in [-0.05, 0) is 32.1 Å². The first-order valence-corrected chi connectivity index (χ1v) is 6.92. The molecule has 1 saturated heterocycles. The Balaban J connectivity index is 1.91. The average molecular weight is 215 g/mol. The van der Waals surface area contributed by atoms with Crippen molar-refractivity contribution in [2.75, 3.05) is 18.6 Å². The van der Waals surface area contributed by atoms with Crippen molar-refractivity contribution < 1.29 is 5.11 Å². The lowest BCUT2D eigenvalue weighted by atomic mass is 9.91. The monoisotopic (exact) mass is 215 g/mol. The van der Waals surface area contributed by atoms with E-state index in [-0.39, 0.29) is 6.10 Å². The number of hydrogen-bond acceptors (Lipinski definition) is 3. The average Bonchev–Trinajstić information content (AvgIpc) is 2.70. The molecule has 1 heterocycles. The van der Waals surface area contributed by atoms with Crippen LogP contribution in [0.2, 0.25) is 0 Å². The number of rotatable bonds is 2. The summed E-state index contributed by atoms with van der Waals surface area (Å²) in [5.74, 6) is 2.57. The Morgan fingerprint density at radius 1 is 1.21 bits per heavy atom. The molecule has 3 atom stereocenters. The topological polar surface area (TPSA) is 23.5 Å². The van der Waals surface area contributed by atoms with Gasteiger partial charge in [-0.25, -0.2) is 0 Å². The Morgan fingerprint density at radius 2 is 2.00 bits per heavy atom. The lowest BCUT2D eigenvalue weighted by Crippen LogP contribution is -2.48. The van der Waals surface area contributed by atoms with Gasteiger partial charge in [0.1, 0.15) is 0 Å². The van der Waals surface area contributed by atoms with Gasteiger partial charge in [0.25, 0.3) is 0 Å². The van der Waals surface area contributed by atoms with E-state index in [0.717, 1.165) is 12.5 Å². The highest BCUT2D eigenvalue weighted by atomic mass is 32.2. The lowest BCUT2D eigenvalue weighted by molar-refractivity contribution is 0.0173. The van der Waals surface area contributed by atoms with Crippen LogP contribution in [-0.4, -0.2) is 46.7 Å². The molecule has 0 aromatic rings. The smallest absolute Gasteiger partial charge is 0.0695 e. The molecule has 1 aliphatic heterocycles. The number of likely N-dealkylation sites (N-methyl/N-ethyl adjacent to an activating group) is 1. The van der Waals surface area contributed by atoms with Crippen LogP contribution in [0.5, 0.6) is 0 Å². The number of nitrogens with zero attached hydrogens (tertiary/aromatic N) is 1. The van der Waals surface area contributed by atoms with Crippen LogP contribution in [-0.2, 0) is 0 Å². The van der Waals surface area contributed by atoms with Crippen LogP contribution in [0.25, 0.3) is 0 Å². The van der Waals surface area contributed by atoms with Crippen LogP contribution < -0.4 is 0 Å². The van der Waals surface area contributed by atoms with Crippen molar-refractivity contribution in [2.24, 2.45) is 0 Å². The molecule has 2 fully saturated rings. The molecule has 1 saturated carbocycles. The summed E-state index contributed by atoms with van der Waals surface area (Å²) in [5.41, 5.74) is 0. The molecule has 2 rings (SSSR count). The van der Waals surface area contributed by atoms with Crippen molar-refractivity contribution in [3.63, 3.8) is 0 Å². The normalized spacial score (nSPS) is 39.2. The zero-order valence-corrected chi connectivity index (χ0v) is 9.80. The van der Waals surface area contributed by atoms with E-state index in [1.54, 1.807) is 0 Å². The number of aliphatic hydroxyl groups is 1. The van der Waals surface area contributed by atoms with Crippen molar-refractivity contribution in [3.8, 4) is 0 Å². The summed E-state index contributed by atoms with van der Waals surface area (Å²) in [6.07, 6.45) is 5.95. The van der Waals surface area contributed by atoms with Crippen LogP contribution >= 0.6 is 11.8 Å².